The van der Waals surface area contributed by atoms with Crippen LogP contribution < -0.4 is 10.6 Å². The number of rotatable bonds is 8. The topological polar surface area (TPSA) is 76.4 Å². The Morgan fingerprint density at radius 2 is 2.11 bits per heavy atom. The van der Waals surface area contributed by atoms with Crippen LogP contribution in [0.3, 0.4) is 0 Å². The molecule has 0 atom stereocenters. The first-order chi connectivity index (χ1) is 8.66. The zero-order chi connectivity index (χ0) is 13.4. The average Bonchev–Trinajstić information content (AvgIpc) is 2.33. The molecule has 0 fully saturated rings. The second-order valence-corrected chi connectivity index (χ2v) is 3.90. The van der Waals surface area contributed by atoms with E-state index in [0.29, 0.717) is 24.4 Å². The second kappa shape index (κ2) is 7.62. The van der Waals surface area contributed by atoms with Crippen molar-refractivity contribution in [1.29, 1.82) is 0 Å². The number of aryl methyl sites for hydroxylation is 1. The molecule has 1 aromatic rings. The van der Waals surface area contributed by atoms with Crippen LogP contribution in [0.25, 0.3) is 0 Å². The molecule has 0 unspecified atom stereocenters. The quantitative estimate of drug-likeness (QED) is 0.417. The van der Waals surface area contributed by atoms with E-state index in [-0.39, 0.29) is 10.6 Å². The molecular weight excluding hydrogens is 234 g/mol. The van der Waals surface area contributed by atoms with Crippen LogP contribution >= 0.6 is 0 Å². The lowest BCUT2D eigenvalue weighted by atomic mass is 10.1. The summed E-state index contributed by atoms with van der Waals surface area (Å²) in [6.07, 6.45) is 0. The number of nitrogens with one attached hydrogen (secondary N) is 2. The number of para-hydroxylation sites is 1. The van der Waals surface area contributed by atoms with E-state index in [0.717, 1.165) is 13.1 Å². The van der Waals surface area contributed by atoms with Gasteiger partial charge in [-0.25, -0.2) is 0 Å². The number of hydrogen-bond acceptors (Lipinski definition) is 5. The number of hydrogen-bond donors (Lipinski definition) is 2. The van der Waals surface area contributed by atoms with Crippen LogP contribution in [0.15, 0.2) is 18.2 Å². The molecule has 18 heavy (non-hydrogen) atoms. The fraction of sp³-hybridized carbons (Fsp3) is 0.500. The zero-order valence-corrected chi connectivity index (χ0v) is 10.7. The number of benzene rings is 1. The Labute approximate surface area is 106 Å². The van der Waals surface area contributed by atoms with Gasteiger partial charge in [0.25, 0.3) is 5.69 Å². The lowest BCUT2D eigenvalue weighted by molar-refractivity contribution is -0.384. The van der Waals surface area contributed by atoms with E-state index in [1.807, 2.05) is 6.07 Å². The standard InChI is InChI=1S/C12H19N3O3/c1-10-4-3-5-11(12(10)15(16)17)14-7-6-13-8-9-18-2/h3-5,13-14H,6-9H2,1-2H3. The van der Waals surface area contributed by atoms with Gasteiger partial charge < -0.3 is 15.4 Å². The summed E-state index contributed by atoms with van der Waals surface area (Å²) in [7, 11) is 1.65. The van der Waals surface area contributed by atoms with Crippen molar-refractivity contribution >= 4 is 11.4 Å². The molecule has 0 aliphatic rings. The first-order valence-electron chi connectivity index (χ1n) is 5.84. The Balaban J connectivity index is 2.47. The number of nitro benzene ring substituents is 1. The molecule has 0 amide bonds. The molecule has 0 spiro atoms. The van der Waals surface area contributed by atoms with Crippen molar-refractivity contribution in [3.05, 3.63) is 33.9 Å². The number of nitro groups is 1. The number of anilines is 1. The zero-order valence-electron chi connectivity index (χ0n) is 10.7. The minimum Gasteiger partial charge on any atom is -0.383 e. The number of nitrogens with zero attached hydrogens (tertiary/aromatic N) is 1. The van der Waals surface area contributed by atoms with E-state index in [9.17, 15) is 10.1 Å². The Morgan fingerprint density at radius 3 is 2.78 bits per heavy atom. The highest BCUT2D eigenvalue weighted by molar-refractivity contribution is 5.64. The molecule has 1 rings (SSSR count). The van der Waals surface area contributed by atoms with E-state index in [1.54, 1.807) is 26.2 Å². The molecule has 6 nitrogen and oxygen atoms in total. The summed E-state index contributed by atoms with van der Waals surface area (Å²) < 4.78 is 4.90. The van der Waals surface area contributed by atoms with Crippen LogP contribution in [-0.4, -0.2) is 38.3 Å². The summed E-state index contributed by atoms with van der Waals surface area (Å²) in [6, 6.07) is 5.27. The van der Waals surface area contributed by atoms with Crippen molar-refractivity contribution < 1.29 is 9.66 Å². The smallest absolute Gasteiger partial charge is 0.295 e. The fourth-order valence-corrected chi connectivity index (χ4v) is 1.63. The van der Waals surface area contributed by atoms with E-state index in [4.69, 9.17) is 4.74 Å². The predicted molar refractivity (Wildman–Crippen MR) is 71.1 cm³/mol. The first-order valence-corrected chi connectivity index (χ1v) is 5.84. The molecule has 100 valence electrons. The van der Waals surface area contributed by atoms with Crippen molar-refractivity contribution in [3.63, 3.8) is 0 Å². The molecule has 6 heteroatoms. The minimum atomic E-state index is -0.351. The van der Waals surface area contributed by atoms with Gasteiger partial charge in [-0.15, -0.1) is 0 Å². The molecule has 0 radical (unpaired) electrons. The van der Waals surface area contributed by atoms with Crippen LogP contribution in [0.2, 0.25) is 0 Å². The highest BCUT2D eigenvalue weighted by atomic mass is 16.6. The average molecular weight is 253 g/mol. The van der Waals surface area contributed by atoms with E-state index in [2.05, 4.69) is 10.6 Å². The molecule has 0 heterocycles. The highest BCUT2D eigenvalue weighted by Gasteiger charge is 2.15. The normalized spacial score (nSPS) is 10.3. The van der Waals surface area contributed by atoms with Crippen LogP contribution in [0.1, 0.15) is 5.56 Å². The van der Waals surface area contributed by atoms with Gasteiger partial charge >= 0.3 is 0 Å². The largest absolute Gasteiger partial charge is 0.383 e. The maximum Gasteiger partial charge on any atom is 0.295 e. The van der Waals surface area contributed by atoms with Crippen molar-refractivity contribution in [2.45, 2.75) is 6.92 Å². The molecular formula is C12H19N3O3. The number of ether oxygens (including phenoxy) is 1. The summed E-state index contributed by atoms with van der Waals surface area (Å²) in [5.74, 6) is 0. The van der Waals surface area contributed by atoms with Crippen LogP contribution in [0, 0.1) is 17.0 Å². The molecule has 0 aliphatic heterocycles. The molecule has 0 saturated heterocycles. The third-order valence-electron chi connectivity index (χ3n) is 2.52. The highest BCUT2D eigenvalue weighted by Crippen LogP contribution is 2.27. The maximum atomic E-state index is 11.0. The molecule has 0 aliphatic carbocycles. The van der Waals surface area contributed by atoms with Crippen LogP contribution in [0.4, 0.5) is 11.4 Å². The van der Waals surface area contributed by atoms with E-state index >= 15 is 0 Å². The summed E-state index contributed by atoms with van der Waals surface area (Å²) in [5.41, 5.74) is 1.38. The van der Waals surface area contributed by atoms with Gasteiger partial charge in [-0.05, 0) is 13.0 Å². The summed E-state index contributed by atoms with van der Waals surface area (Å²) >= 11 is 0. The van der Waals surface area contributed by atoms with Crippen LogP contribution in [0.5, 0.6) is 0 Å². The SMILES string of the molecule is COCCNCCNc1cccc(C)c1[N+](=O)[O-]. The van der Waals surface area contributed by atoms with Gasteiger partial charge in [-0.2, -0.15) is 0 Å². The minimum absolute atomic E-state index is 0.148. The van der Waals surface area contributed by atoms with E-state index < -0.39 is 0 Å². The molecule has 1 aromatic carbocycles. The molecule has 2 N–H and O–H groups in total. The van der Waals surface area contributed by atoms with E-state index in [1.165, 1.54) is 0 Å². The molecule has 0 bridgehead atoms. The Bertz CT molecular complexity index is 396. The van der Waals surface area contributed by atoms with Gasteiger partial charge in [0.15, 0.2) is 0 Å². The molecule has 0 aromatic heterocycles. The van der Waals surface area contributed by atoms with Crippen molar-refractivity contribution in [1.82, 2.24) is 5.32 Å². The Morgan fingerprint density at radius 1 is 1.33 bits per heavy atom. The Hall–Kier alpha value is -1.66. The fourth-order valence-electron chi connectivity index (χ4n) is 1.63. The Kier molecular flexibility index (Phi) is 6.10. The van der Waals surface area contributed by atoms with Gasteiger partial charge in [0.1, 0.15) is 5.69 Å². The van der Waals surface area contributed by atoms with Gasteiger partial charge in [0.05, 0.1) is 11.5 Å². The second-order valence-electron chi connectivity index (χ2n) is 3.90. The van der Waals surface area contributed by atoms with Crippen molar-refractivity contribution in [2.24, 2.45) is 0 Å². The first kappa shape index (κ1) is 14.4. The third kappa shape index (κ3) is 4.31. The lowest BCUT2D eigenvalue weighted by Crippen LogP contribution is -2.25. The van der Waals surface area contributed by atoms with Crippen LogP contribution in [-0.2, 0) is 4.74 Å². The van der Waals surface area contributed by atoms with Gasteiger partial charge in [-0.1, -0.05) is 12.1 Å². The summed E-state index contributed by atoms with van der Waals surface area (Å²) in [6.45, 7) is 4.53. The van der Waals surface area contributed by atoms with Crippen molar-refractivity contribution in [2.75, 3.05) is 38.7 Å². The third-order valence-corrected chi connectivity index (χ3v) is 2.52. The predicted octanol–water partition coefficient (Wildman–Crippen LogP) is 1.55. The lowest BCUT2D eigenvalue weighted by Gasteiger charge is -2.09. The van der Waals surface area contributed by atoms with Crippen molar-refractivity contribution in [3.8, 4) is 0 Å². The monoisotopic (exact) mass is 253 g/mol. The van der Waals surface area contributed by atoms with Gasteiger partial charge in [0.2, 0.25) is 0 Å². The summed E-state index contributed by atoms with van der Waals surface area (Å²) in [5, 5.41) is 17.2. The van der Waals surface area contributed by atoms with Gasteiger partial charge in [-0.3, -0.25) is 10.1 Å². The number of methoxy groups -OCH3 is 1. The molecule has 0 saturated carbocycles. The summed E-state index contributed by atoms with van der Waals surface area (Å²) in [4.78, 5) is 10.6. The van der Waals surface area contributed by atoms with Gasteiger partial charge in [0, 0.05) is 32.3 Å². The maximum absolute atomic E-state index is 11.0.